The highest BCUT2D eigenvalue weighted by molar-refractivity contribution is 7.98. The van der Waals surface area contributed by atoms with Crippen LogP contribution in [0, 0.1) is 0 Å². The summed E-state index contributed by atoms with van der Waals surface area (Å²) in [4.78, 5) is 134. The zero-order valence-corrected chi connectivity index (χ0v) is 34.9. The Morgan fingerprint density at radius 3 is 1.15 bits per heavy atom. The Morgan fingerprint density at radius 1 is 0.492 bits per heavy atom. The molecule has 0 spiro atoms. The topological polar surface area (TPSA) is 464 Å². The van der Waals surface area contributed by atoms with E-state index in [0.717, 1.165) is 6.92 Å². The Morgan fingerprint density at radius 2 is 0.820 bits per heavy atom. The van der Waals surface area contributed by atoms with Gasteiger partial charge in [0.25, 0.3) is 0 Å². The fourth-order valence-electron chi connectivity index (χ4n) is 5.30. The lowest BCUT2D eigenvalue weighted by molar-refractivity contribution is -0.140. The summed E-state index contributed by atoms with van der Waals surface area (Å²) in [5, 5.41) is 32.8. The zero-order valence-electron chi connectivity index (χ0n) is 34.1. The van der Waals surface area contributed by atoms with Crippen LogP contribution in [0.3, 0.4) is 0 Å². The Hall–Kier alpha value is -6.41. The molecular weight excluding hydrogens is 829 g/mol. The molecule has 20 N–H and O–H groups in total. The number of aliphatic carboxylic acids is 2. The molecule has 0 aromatic rings. The summed E-state index contributed by atoms with van der Waals surface area (Å²) in [6.07, 6.45) is -0.914. The van der Waals surface area contributed by atoms with Crippen LogP contribution in [0.5, 0.6) is 0 Å². The molecule has 6 atom stereocenters. The molecule has 0 aliphatic heterocycles. The van der Waals surface area contributed by atoms with Crippen molar-refractivity contribution in [1.29, 1.82) is 0 Å². The van der Waals surface area contributed by atoms with Crippen LogP contribution in [-0.4, -0.2) is 143 Å². The number of amides is 8. The van der Waals surface area contributed by atoms with E-state index in [2.05, 4.69) is 41.9 Å². The van der Waals surface area contributed by atoms with Crippen molar-refractivity contribution in [1.82, 2.24) is 31.9 Å². The number of aliphatic imine (C=N–C) groups is 2. The minimum Gasteiger partial charge on any atom is -0.481 e. The molecule has 0 fully saturated rings. The molecule has 0 rings (SSSR count). The Balaban J connectivity index is 6.52. The van der Waals surface area contributed by atoms with E-state index in [1.807, 2.05) is 0 Å². The summed E-state index contributed by atoms with van der Waals surface area (Å²) in [5.41, 5.74) is 32.3. The number of nitrogens with two attached hydrogens (primary N) is 6. The number of carbonyl (C=O) groups excluding carboxylic acids is 8. The van der Waals surface area contributed by atoms with E-state index in [-0.39, 0.29) is 75.7 Å². The van der Waals surface area contributed by atoms with Gasteiger partial charge >= 0.3 is 11.9 Å². The van der Waals surface area contributed by atoms with Gasteiger partial charge < -0.3 is 76.5 Å². The molecule has 26 nitrogen and oxygen atoms in total. The average molecular weight is 889 g/mol. The second-order valence-corrected chi connectivity index (χ2v) is 14.5. The number of primary amides is 2. The van der Waals surface area contributed by atoms with Crippen molar-refractivity contribution >= 4 is 82.9 Å². The predicted molar refractivity (Wildman–Crippen MR) is 221 cm³/mol. The van der Waals surface area contributed by atoms with Gasteiger partial charge in [-0.25, -0.2) is 0 Å². The molecule has 8 amide bonds. The maximum Gasteiger partial charge on any atom is 0.303 e. The molecule has 0 saturated carbocycles. The van der Waals surface area contributed by atoms with Crippen molar-refractivity contribution in [3.8, 4) is 0 Å². The summed E-state index contributed by atoms with van der Waals surface area (Å²) >= 11 is 1.27. The number of carbonyl (C=O) groups is 10. The van der Waals surface area contributed by atoms with Crippen molar-refractivity contribution in [2.75, 3.05) is 25.1 Å². The highest BCUT2D eigenvalue weighted by Gasteiger charge is 2.33. The van der Waals surface area contributed by atoms with Crippen molar-refractivity contribution < 1.29 is 58.2 Å². The molecule has 0 aromatic heterocycles. The van der Waals surface area contributed by atoms with E-state index in [4.69, 9.17) is 39.5 Å². The number of guanidine groups is 2. The first-order chi connectivity index (χ1) is 28.6. The third-order valence-electron chi connectivity index (χ3n) is 8.36. The molecule has 27 heteroatoms. The van der Waals surface area contributed by atoms with Crippen LogP contribution < -0.4 is 66.3 Å². The fourth-order valence-corrected chi connectivity index (χ4v) is 5.77. The maximum absolute atomic E-state index is 13.8. The van der Waals surface area contributed by atoms with Crippen molar-refractivity contribution in [2.24, 2.45) is 44.4 Å². The van der Waals surface area contributed by atoms with Gasteiger partial charge in [0.1, 0.15) is 36.3 Å². The lowest BCUT2D eigenvalue weighted by atomic mass is 10.0. The van der Waals surface area contributed by atoms with E-state index in [1.165, 1.54) is 11.8 Å². The third kappa shape index (κ3) is 25.6. The Bertz CT molecular complexity index is 1610. The van der Waals surface area contributed by atoms with Crippen LogP contribution in [0.4, 0.5) is 0 Å². The molecule has 0 aliphatic carbocycles. The standard InChI is InChI=1S/C34H60N14O12S/c1-17(49)43-20(8-11-25(51)52)29(57)47-22(9-12-26(53)54)31(59)48-23(13-16-61-2)32(60)46-21(7-10-24(35)50)30(58)45-19(6-4-15-42-34(39)40)28(56)44-18(27(36)55)5-3-14-41-33(37)38/h18-23H,3-16H2,1-2H3,(H2,35,50)(H2,36,55)(H,43,49)(H,44,56)(H,45,58)(H,46,60)(H,47,57)(H,48,59)(H,51,52)(H,53,54)(H4,37,38,41)(H4,39,40,42)/t18-,19+,20+,21-,22+,23+/m1/s1. The second-order valence-electron chi connectivity index (χ2n) is 13.5. The fraction of sp³-hybridized carbons (Fsp3) is 0.647. The van der Waals surface area contributed by atoms with Crippen molar-refractivity contribution in [2.45, 2.75) is 114 Å². The molecule has 344 valence electrons. The Labute approximate surface area is 355 Å². The Kier molecular flexibility index (Phi) is 26.6. The summed E-state index contributed by atoms with van der Waals surface area (Å²) in [5.74, 6) is -10.1. The lowest BCUT2D eigenvalue weighted by Gasteiger charge is -2.27. The van der Waals surface area contributed by atoms with Gasteiger partial charge in [0, 0.05) is 39.3 Å². The maximum atomic E-state index is 13.8. The molecule has 0 aromatic carbocycles. The summed E-state index contributed by atoms with van der Waals surface area (Å²) < 4.78 is 0. The van der Waals surface area contributed by atoms with Gasteiger partial charge in [-0.2, -0.15) is 11.8 Å². The molecular formula is C34H60N14O12S. The van der Waals surface area contributed by atoms with Gasteiger partial charge in [-0.1, -0.05) is 0 Å². The number of hydrogen-bond donors (Lipinski definition) is 14. The second kappa shape index (κ2) is 29.7. The predicted octanol–water partition coefficient (Wildman–Crippen LogP) is -5.74. The van der Waals surface area contributed by atoms with Crippen molar-refractivity contribution in [3.05, 3.63) is 0 Å². The van der Waals surface area contributed by atoms with E-state index >= 15 is 0 Å². The van der Waals surface area contributed by atoms with Gasteiger partial charge in [-0.15, -0.1) is 0 Å². The first-order valence-corrected chi connectivity index (χ1v) is 20.4. The third-order valence-corrected chi connectivity index (χ3v) is 9.00. The monoisotopic (exact) mass is 888 g/mol. The molecule has 0 aliphatic rings. The number of nitrogens with zero attached hydrogens (tertiary/aromatic N) is 2. The average Bonchev–Trinajstić information content (AvgIpc) is 3.16. The minimum atomic E-state index is -1.60. The lowest BCUT2D eigenvalue weighted by Crippen LogP contribution is -2.59. The van der Waals surface area contributed by atoms with Crippen LogP contribution in [0.25, 0.3) is 0 Å². The normalized spacial score (nSPS) is 13.5. The summed E-state index contributed by atoms with van der Waals surface area (Å²) in [6.45, 7) is 1.22. The summed E-state index contributed by atoms with van der Waals surface area (Å²) in [6, 6.07) is -8.59. The number of hydrogen-bond acceptors (Lipinski definition) is 13. The first kappa shape index (κ1) is 54.6. The molecule has 61 heavy (non-hydrogen) atoms. The van der Waals surface area contributed by atoms with Gasteiger partial charge in [0.05, 0.1) is 0 Å². The molecule has 0 unspecified atom stereocenters. The van der Waals surface area contributed by atoms with E-state index in [9.17, 15) is 53.1 Å². The van der Waals surface area contributed by atoms with Gasteiger partial charge in [0.15, 0.2) is 11.9 Å². The zero-order chi connectivity index (χ0) is 46.7. The molecule has 0 heterocycles. The van der Waals surface area contributed by atoms with Crippen LogP contribution in [0.1, 0.15) is 77.6 Å². The van der Waals surface area contributed by atoms with E-state index in [1.54, 1.807) is 6.26 Å². The van der Waals surface area contributed by atoms with E-state index in [0.29, 0.717) is 0 Å². The van der Waals surface area contributed by atoms with Gasteiger partial charge in [-0.3, -0.25) is 57.9 Å². The molecule has 0 saturated heterocycles. The van der Waals surface area contributed by atoms with Crippen LogP contribution in [0.2, 0.25) is 0 Å². The number of nitrogens with one attached hydrogen (secondary N) is 6. The van der Waals surface area contributed by atoms with Crippen molar-refractivity contribution in [3.63, 3.8) is 0 Å². The molecule has 0 radical (unpaired) electrons. The van der Waals surface area contributed by atoms with E-state index < -0.39 is 121 Å². The quantitative estimate of drug-likeness (QED) is 0.0170. The SMILES string of the molecule is CSCC[C@H](NC(=O)[C@H](CCC(=O)O)NC(=O)[C@H](CCC(=O)O)NC(C)=O)C(=O)N[C@H](CCC(N)=O)C(=O)N[C@@H](CCCN=C(N)N)C(=O)N[C@H](CCCN=C(N)N)C(N)=O. The first-order valence-electron chi connectivity index (χ1n) is 19.0. The summed E-state index contributed by atoms with van der Waals surface area (Å²) in [7, 11) is 0. The highest BCUT2D eigenvalue weighted by atomic mass is 32.2. The number of rotatable bonds is 32. The largest absolute Gasteiger partial charge is 0.481 e. The number of carboxylic acids is 2. The highest BCUT2D eigenvalue weighted by Crippen LogP contribution is 2.09. The van der Waals surface area contributed by atoms with Crippen LogP contribution >= 0.6 is 11.8 Å². The van der Waals surface area contributed by atoms with Gasteiger partial charge in [0.2, 0.25) is 47.3 Å². The van der Waals surface area contributed by atoms with Crippen LogP contribution in [0.15, 0.2) is 9.98 Å². The smallest absolute Gasteiger partial charge is 0.303 e. The van der Waals surface area contributed by atoms with Crippen LogP contribution in [-0.2, 0) is 47.9 Å². The van der Waals surface area contributed by atoms with Gasteiger partial charge in [-0.05, 0) is 63.4 Å². The number of carboxylic acid groups (broad SMARTS) is 2. The minimum absolute atomic E-state index is 0.0222. The molecule has 0 bridgehead atoms. The number of thioether (sulfide) groups is 1.